The maximum absolute atomic E-state index is 13.8. The van der Waals surface area contributed by atoms with Crippen LogP contribution in [-0.4, -0.2) is 53.0 Å². The molecule has 1 aliphatic heterocycles. The molecule has 0 bridgehead atoms. The Labute approximate surface area is 231 Å². The summed E-state index contributed by atoms with van der Waals surface area (Å²) in [6, 6.07) is 11.9. The third-order valence-corrected chi connectivity index (χ3v) is 7.07. The maximum atomic E-state index is 13.8. The number of carbonyl (C=O) groups is 1. The summed E-state index contributed by atoms with van der Waals surface area (Å²) in [5.74, 6) is 0.146. The van der Waals surface area contributed by atoms with Crippen molar-refractivity contribution in [3.05, 3.63) is 105 Å². The Morgan fingerprint density at radius 2 is 1.80 bits per heavy atom. The highest BCUT2D eigenvalue weighted by atomic mass is 19.1. The van der Waals surface area contributed by atoms with Gasteiger partial charge in [0, 0.05) is 19.1 Å². The van der Waals surface area contributed by atoms with Crippen molar-refractivity contribution in [2.75, 3.05) is 26.4 Å². The second-order valence-corrected chi connectivity index (χ2v) is 9.70. The quantitative estimate of drug-likeness (QED) is 0.254. The zero-order valence-corrected chi connectivity index (χ0v) is 22.5. The van der Waals surface area contributed by atoms with E-state index >= 15 is 0 Å². The fraction of sp³-hybridized carbons (Fsp3) is 0.323. The number of ether oxygens (including phenoxy) is 1. The number of halogens is 2. The van der Waals surface area contributed by atoms with Crippen LogP contribution in [0.4, 0.5) is 8.78 Å². The lowest BCUT2D eigenvalue weighted by Gasteiger charge is -2.31. The van der Waals surface area contributed by atoms with Crippen molar-refractivity contribution in [2.45, 2.75) is 38.5 Å². The SMILES string of the molecule is C=C/C=C(\C=C/C)c1ccc(Cn2c(=O)c3cc(OC(CF)CF)ccc3n(C3CCN(C=O)CC3)c2=O)cc1. The van der Waals surface area contributed by atoms with Crippen LogP contribution in [0.1, 0.15) is 36.9 Å². The first kappa shape index (κ1) is 28.7. The van der Waals surface area contributed by atoms with Crippen LogP contribution in [0.15, 0.2) is 82.9 Å². The second kappa shape index (κ2) is 13.2. The molecule has 1 fully saturated rings. The topological polar surface area (TPSA) is 73.5 Å². The van der Waals surface area contributed by atoms with Crippen molar-refractivity contribution in [3.63, 3.8) is 0 Å². The molecule has 1 aliphatic rings. The first-order valence-electron chi connectivity index (χ1n) is 13.3. The van der Waals surface area contributed by atoms with E-state index in [1.165, 1.54) is 16.7 Å². The van der Waals surface area contributed by atoms with E-state index in [0.29, 0.717) is 31.4 Å². The van der Waals surface area contributed by atoms with Crippen LogP contribution < -0.4 is 16.0 Å². The van der Waals surface area contributed by atoms with Gasteiger partial charge in [-0.2, -0.15) is 0 Å². The Bertz CT molecular complexity index is 1530. The average molecular weight is 550 g/mol. The highest BCUT2D eigenvalue weighted by Gasteiger charge is 2.25. The van der Waals surface area contributed by atoms with Gasteiger partial charge < -0.3 is 9.64 Å². The highest BCUT2D eigenvalue weighted by Crippen LogP contribution is 2.26. The molecular weight excluding hydrogens is 516 g/mol. The number of carbonyl (C=O) groups excluding carboxylic acids is 1. The van der Waals surface area contributed by atoms with E-state index in [0.717, 1.165) is 23.1 Å². The Morgan fingerprint density at radius 3 is 2.40 bits per heavy atom. The average Bonchev–Trinajstić information content (AvgIpc) is 2.99. The van der Waals surface area contributed by atoms with Crippen molar-refractivity contribution in [2.24, 2.45) is 0 Å². The summed E-state index contributed by atoms with van der Waals surface area (Å²) in [4.78, 5) is 40.4. The van der Waals surface area contributed by atoms with Crippen LogP contribution in [0.3, 0.4) is 0 Å². The van der Waals surface area contributed by atoms with Gasteiger partial charge in [-0.25, -0.2) is 13.6 Å². The maximum Gasteiger partial charge on any atom is 0.332 e. The van der Waals surface area contributed by atoms with Gasteiger partial charge >= 0.3 is 5.69 Å². The molecule has 40 heavy (non-hydrogen) atoms. The largest absolute Gasteiger partial charge is 0.485 e. The molecular formula is C31H33F2N3O4. The molecule has 4 rings (SSSR count). The molecule has 2 aromatic carbocycles. The number of alkyl halides is 2. The molecule has 9 heteroatoms. The van der Waals surface area contributed by atoms with E-state index in [1.807, 2.05) is 49.4 Å². The zero-order chi connectivity index (χ0) is 28.6. The number of benzene rings is 2. The van der Waals surface area contributed by atoms with Crippen LogP contribution in [0.25, 0.3) is 16.5 Å². The first-order chi connectivity index (χ1) is 19.4. The summed E-state index contributed by atoms with van der Waals surface area (Å²) in [7, 11) is 0. The lowest BCUT2D eigenvalue weighted by atomic mass is 10.0. The van der Waals surface area contributed by atoms with Gasteiger partial charge in [-0.05, 0) is 54.7 Å². The number of fused-ring (bicyclic) bond motifs is 1. The molecule has 210 valence electrons. The summed E-state index contributed by atoms with van der Waals surface area (Å²) < 4.78 is 34.4. The summed E-state index contributed by atoms with van der Waals surface area (Å²) in [6.45, 7) is 4.68. The summed E-state index contributed by atoms with van der Waals surface area (Å²) in [5.41, 5.74) is 2.14. The zero-order valence-electron chi connectivity index (χ0n) is 22.5. The predicted molar refractivity (Wildman–Crippen MR) is 153 cm³/mol. The highest BCUT2D eigenvalue weighted by molar-refractivity contribution is 5.80. The van der Waals surface area contributed by atoms with Gasteiger partial charge in [0.15, 0.2) is 6.10 Å². The number of likely N-dealkylation sites (tertiary alicyclic amines) is 1. The Balaban J connectivity index is 1.80. The van der Waals surface area contributed by atoms with Gasteiger partial charge in [0.2, 0.25) is 6.41 Å². The minimum Gasteiger partial charge on any atom is -0.485 e. The Kier molecular flexibility index (Phi) is 9.47. The van der Waals surface area contributed by atoms with Gasteiger partial charge in [-0.15, -0.1) is 0 Å². The lowest BCUT2D eigenvalue weighted by molar-refractivity contribution is -0.119. The fourth-order valence-electron chi connectivity index (χ4n) is 5.01. The van der Waals surface area contributed by atoms with E-state index in [-0.39, 0.29) is 23.7 Å². The summed E-state index contributed by atoms with van der Waals surface area (Å²) in [5, 5.41) is 0.215. The molecule has 0 saturated carbocycles. The number of piperidine rings is 1. The molecule has 1 saturated heterocycles. The number of aromatic nitrogens is 2. The molecule has 0 unspecified atom stereocenters. The van der Waals surface area contributed by atoms with E-state index in [2.05, 4.69) is 6.58 Å². The molecule has 3 aromatic rings. The smallest absolute Gasteiger partial charge is 0.332 e. The van der Waals surface area contributed by atoms with E-state index < -0.39 is 30.7 Å². The molecule has 0 spiro atoms. The van der Waals surface area contributed by atoms with Gasteiger partial charge in [-0.3, -0.25) is 18.7 Å². The van der Waals surface area contributed by atoms with Crippen LogP contribution in [0, 0.1) is 0 Å². The number of hydrogen-bond acceptors (Lipinski definition) is 4. The van der Waals surface area contributed by atoms with Crippen molar-refractivity contribution >= 4 is 22.9 Å². The number of amides is 1. The number of hydrogen-bond donors (Lipinski definition) is 0. The minimum atomic E-state index is -1.28. The number of nitrogens with zero attached hydrogens (tertiary/aromatic N) is 3. The van der Waals surface area contributed by atoms with Gasteiger partial charge in [0.1, 0.15) is 19.1 Å². The minimum absolute atomic E-state index is 0.0356. The second-order valence-electron chi connectivity index (χ2n) is 9.70. The van der Waals surface area contributed by atoms with Crippen LogP contribution in [0.2, 0.25) is 0 Å². The normalized spacial score (nSPS) is 14.8. The molecule has 0 radical (unpaired) electrons. The third kappa shape index (κ3) is 6.14. The molecule has 0 atom stereocenters. The lowest BCUT2D eigenvalue weighted by Crippen LogP contribution is -2.44. The molecule has 7 nitrogen and oxygen atoms in total. The molecule has 2 heterocycles. The van der Waals surface area contributed by atoms with Gasteiger partial charge in [0.05, 0.1) is 17.4 Å². The van der Waals surface area contributed by atoms with Crippen LogP contribution in [0.5, 0.6) is 5.75 Å². The standard InChI is InChI=1S/C31H33F2N3O4/c1-3-5-23(6-4-2)24-9-7-22(8-10-24)20-35-30(38)28-17-26(40-27(18-32)19-33)11-12-29(28)36(31(35)39)25-13-15-34(21-37)16-14-25/h3-12,17,21,25,27H,1,13-16,18-20H2,2H3/b6-4-,23-5+. The number of allylic oxidation sites excluding steroid dienone is 5. The fourth-order valence-corrected chi connectivity index (χ4v) is 5.01. The van der Waals surface area contributed by atoms with Crippen LogP contribution in [-0.2, 0) is 11.3 Å². The Morgan fingerprint density at radius 1 is 1.10 bits per heavy atom. The summed E-state index contributed by atoms with van der Waals surface area (Å²) in [6.07, 6.45) is 8.12. The summed E-state index contributed by atoms with van der Waals surface area (Å²) >= 11 is 0. The van der Waals surface area contributed by atoms with Gasteiger partial charge in [0.25, 0.3) is 5.56 Å². The van der Waals surface area contributed by atoms with E-state index in [9.17, 15) is 23.2 Å². The van der Waals surface area contributed by atoms with Crippen molar-refractivity contribution < 1.29 is 18.3 Å². The van der Waals surface area contributed by atoms with Crippen molar-refractivity contribution in [3.8, 4) is 5.75 Å². The third-order valence-electron chi connectivity index (χ3n) is 7.07. The predicted octanol–water partition coefficient (Wildman–Crippen LogP) is 4.84. The van der Waals surface area contributed by atoms with E-state index in [4.69, 9.17) is 4.74 Å². The Hall–Kier alpha value is -4.27. The molecule has 0 N–H and O–H groups in total. The van der Waals surface area contributed by atoms with E-state index in [1.54, 1.807) is 21.6 Å². The van der Waals surface area contributed by atoms with Crippen molar-refractivity contribution in [1.29, 1.82) is 0 Å². The number of rotatable bonds is 11. The monoisotopic (exact) mass is 549 g/mol. The first-order valence-corrected chi connectivity index (χ1v) is 13.3. The molecule has 1 amide bonds. The molecule has 1 aromatic heterocycles. The van der Waals surface area contributed by atoms with Crippen molar-refractivity contribution in [1.82, 2.24) is 14.0 Å². The molecule has 0 aliphatic carbocycles. The van der Waals surface area contributed by atoms with Crippen LogP contribution >= 0.6 is 0 Å². The van der Waals surface area contributed by atoms with Gasteiger partial charge in [-0.1, -0.05) is 55.1 Å².